The normalized spacial score (nSPS) is 10.3. The molecular formula is C15H15ClFNO3. The zero-order valence-corrected chi connectivity index (χ0v) is 12.4. The molecule has 2 N–H and O–H groups in total. The molecule has 0 heterocycles. The van der Waals surface area contributed by atoms with Gasteiger partial charge in [0.25, 0.3) is 0 Å². The first-order chi connectivity index (χ1) is 10.0. The van der Waals surface area contributed by atoms with Crippen molar-refractivity contribution in [1.82, 2.24) is 0 Å². The molecule has 0 radical (unpaired) electrons. The highest BCUT2D eigenvalue weighted by molar-refractivity contribution is 6.33. The summed E-state index contributed by atoms with van der Waals surface area (Å²) < 4.78 is 23.5. The Kier molecular flexibility index (Phi) is 4.75. The molecule has 112 valence electrons. The van der Waals surface area contributed by atoms with E-state index >= 15 is 0 Å². The Balaban J connectivity index is 2.21. The van der Waals surface area contributed by atoms with Crippen molar-refractivity contribution in [2.45, 2.75) is 6.54 Å². The molecule has 2 aromatic carbocycles. The van der Waals surface area contributed by atoms with Gasteiger partial charge in [-0.15, -0.1) is 0 Å². The molecule has 0 unspecified atom stereocenters. The number of nitrogens with one attached hydrogen (secondary N) is 1. The predicted octanol–water partition coefficient (Wildman–Crippen LogP) is 3.81. The van der Waals surface area contributed by atoms with Crippen LogP contribution < -0.4 is 14.8 Å². The molecule has 21 heavy (non-hydrogen) atoms. The standard InChI is InChI=1S/C15H15ClFNO3/c1-20-14-6-11(16)12(7-15(14)21-2)18-8-9-5-10(17)3-4-13(9)19/h3-7,18-19H,8H2,1-2H3. The lowest BCUT2D eigenvalue weighted by atomic mass is 10.2. The highest BCUT2D eigenvalue weighted by atomic mass is 35.5. The smallest absolute Gasteiger partial charge is 0.162 e. The van der Waals surface area contributed by atoms with Gasteiger partial charge < -0.3 is 19.9 Å². The van der Waals surface area contributed by atoms with Crippen LogP contribution in [-0.2, 0) is 6.54 Å². The number of ether oxygens (including phenoxy) is 2. The Labute approximate surface area is 127 Å². The average Bonchev–Trinajstić information content (AvgIpc) is 2.48. The third kappa shape index (κ3) is 3.49. The van der Waals surface area contributed by atoms with Gasteiger partial charge in [0.1, 0.15) is 11.6 Å². The Hall–Kier alpha value is -2.14. The molecule has 0 aliphatic rings. The number of aromatic hydroxyl groups is 1. The fourth-order valence-electron chi connectivity index (χ4n) is 1.88. The number of rotatable bonds is 5. The van der Waals surface area contributed by atoms with E-state index < -0.39 is 5.82 Å². The average molecular weight is 312 g/mol. The van der Waals surface area contributed by atoms with Crippen molar-refractivity contribution < 1.29 is 19.0 Å². The quantitative estimate of drug-likeness (QED) is 0.881. The molecular weight excluding hydrogens is 297 g/mol. The van der Waals surface area contributed by atoms with Crippen molar-refractivity contribution in [2.75, 3.05) is 19.5 Å². The molecule has 0 saturated carbocycles. The molecule has 2 aromatic rings. The van der Waals surface area contributed by atoms with Crippen molar-refractivity contribution >= 4 is 17.3 Å². The lowest BCUT2D eigenvalue weighted by molar-refractivity contribution is 0.355. The number of hydrogen-bond acceptors (Lipinski definition) is 4. The van der Waals surface area contributed by atoms with Gasteiger partial charge in [-0.05, 0) is 18.2 Å². The van der Waals surface area contributed by atoms with Crippen LogP contribution in [0.2, 0.25) is 5.02 Å². The maximum atomic E-state index is 13.2. The maximum absolute atomic E-state index is 13.2. The zero-order chi connectivity index (χ0) is 15.4. The van der Waals surface area contributed by atoms with E-state index in [2.05, 4.69) is 5.32 Å². The van der Waals surface area contributed by atoms with Gasteiger partial charge in [-0.1, -0.05) is 11.6 Å². The third-order valence-corrected chi connectivity index (χ3v) is 3.30. The number of phenolic OH excluding ortho intramolecular Hbond substituents is 1. The minimum atomic E-state index is -0.414. The third-order valence-electron chi connectivity index (χ3n) is 2.98. The Morgan fingerprint density at radius 3 is 2.48 bits per heavy atom. The minimum Gasteiger partial charge on any atom is -0.508 e. The van der Waals surface area contributed by atoms with E-state index in [-0.39, 0.29) is 12.3 Å². The Bertz CT molecular complexity index is 649. The predicted molar refractivity (Wildman–Crippen MR) is 79.9 cm³/mol. The monoisotopic (exact) mass is 311 g/mol. The van der Waals surface area contributed by atoms with E-state index in [4.69, 9.17) is 21.1 Å². The molecule has 0 aliphatic heterocycles. The van der Waals surface area contributed by atoms with Gasteiger partial charge in [0.2, 0.25) is 0 Å². The topological polar surface area (TPSA) is 50.7 Å². The minimum absolute atomic E-state index is 0.0144. The summed E-state index contributed by atoms with van der Waals surface area (Å²) in [5.41, 5.74) is 1.03. The van der Waals surface area contributed by atoms with E-state index in [1.807, 2.05) is 0 Å². The number of halogens is 2. The van der Waals surface area contributed by atoms with Gasteiger partial charge in [0, 0.05) is 24.2 Å². The van der Waals surface area contributed by atoms with Crippen molar-refractivity contribution in [1.29, 1.82) is 0 Å². The Morgan fingerprint density at radius 1 is 1.14 bits per heavy atom. The van der Waals surface area contributed by atoms with Crippen molar-refractivity contribution in [3.8, 4) is 17.2 Å². The summed E-state index contributed by atoms with van der Waals surface area (Å²) in [7, 11) is 3.04. The highest BCUT2D eigenvalue weighted by Crippen LogP contribution is 2.36. The van der Waals surface area contributed by atoms with Crippen LogP contribution in [-0.4, -0.2) is 19.3 Å². The number of phenols is 1. The van der Waals surface area contributed by atoms with E-state index in [0.717, 1.165) is 0 Å². The van der Waals surface area contributed by atoms with Gasteiger partial charge in [-0.2, -0.15) is 0 Å². The molecule has 6 heteroatoms. The maximum Gasteiger partial charge on any atom is 0.162 e. The van der Waals surface area contributed by atoms with Crippen LogP contribution in [0.25, 0.3) is 0 Å². The lowest BCUT2D eigenvalue weighted by Crippen LogP contribution is -2.02. The van der Waals surface area contributed by atoms with Crippen LogP contribution in [0.4, 0.5) is 10.1 Å². The fourth-order valence-corrected chi connectivity index (χ4v) is 2.10. The molecule has 2 rings (SSSR count). The van der Waals surface area contributed by atoms with E-state index in [9.17, 15) is 9.50 Å². The summed E-state index contributed by atoms with van der Waals surface area (Å²) in [6.45, 7) is 0.221. The Morgan fingerprint density at radius 2 is 1.81 bits per heavy atom. The second kappa shape index (κ2) is 6.54. The lowest BCUT2D eigenvalue weighted by Gasteiger charge is -2.14. The molecule has 0 aromatic heterocycles. The summed E-state index contributed by atoms with van der Waals surface area (Å²) in [5, 5.41) is 13.1. The van der Waals surface area contributed by atoms with Crippen LogP contribution >= 0.6 is 11.6 Å². The molecule has 0 fully saturated rings. The van der Waals surface area contributed by atoms with Crippen molar-refractivity contribution in [3.63, 3.8) is 0 Å². The fraction of sp³-hybridized carbons (Fsp3) is 0.200. The van der Waals surface area contributed by atoms with Crippen LogP contribution in [0.15, 0.2) is 30.3 Å². The molecule has 0 amide bonds. The second-order valence-electron chi connectivity index (χ2n) is 4.31. The van der Waals surface area contributed by atoms with Gasteiger partial charge in [-0.25, -0.2) is 4.39 Å². The molecule has 0 aliphatic carbocycles. The van der Waals surface area contributed by atoms with E-state index in [1.165, 1.54) is 32.4 Å². The van der Waals surface area contributed by atoms with E-state index in [0.29, 0.717) is 27.8 Å². The molecule has 0 bridgehead atoms. The van der Waals surface area contributed by atoms with Gasteiger partial charge >= 0.3 is 0 Å². The first kappa shape index (κ1) is 15.3. The first-order valence-corrected chi connectivity index (χ1v) is 6.55. The van der Waals surface area contributed by atoms with E-state index in [1.54, 1.807) is 12.1 Å². The van der Waals surface area contributed by atoms with Gasteiger partial charge in [0.15, 0.2) is 11.5 Å². The molecule has 0 saturated heterocycles. The zero-order valence-electron chi connectivity index (χ0n) is 11.6. The number of methoxy groups -OCH3 is 2. The molecule has 4 nitrogen and oxygen atoms in total. The number of hydrogen-bond donors (Lipinski definition) is 2. The molecule has 0 spiro atoms. The summed E-state index contributed by atoms with van der Waals surface area (Å²) in [4.78, 5) is 0. The summed E-state index contributed by atoms with van der Waals surface area (Å²) >= 11 is 6.14. The largest absolute Gasteiger partial charge is 0.508 e. The van der Waals surface area contributed by atoms with Crippen LogP contribution in [0.3, 0.4) is 0 Å². The van der Waals surface area contributed by atoms with Crippen LogP contribution in [0.5, 0.6) is 17.2 Å². The van der Waals surface area contributed by atoms with Gasteiger partial charge in [0.05, 0.1) is 24.9 Å². The van der Waals surface area contributed by atoms with Crippen molar-refractivity contribution in [3.05, 3.63) is 46.7 Å². The summed E-state index contributed by atoms with van der Waals surface area (Å²) in [6.07, 6.45) is 0. The second-order valence-corrected chi connectivity index (χ2v) is 4.72. The van der Waals surface area contributed by atoms with Gasteiger partial charge in [-0.3, -0.25) is 0 Å². The SMILES string of the molecule is COc1cc(Cl)c(NCc2cc(F)ccc2O)cc1OC. The number of benzene rings is 2. The van der Waals surface area contributed by atoms with Crippen LogP contribution in [0, 0.1) is 5.82 Å². The van der Waals surface area contributed by atoms with Crippen molar-refractivity contribution in [2.24, 2.45) is 0 Å². The summed E-state index contributed by atoms with van der Waals surface area (Å²) in [5.74, 6) is 0.637. The molecule has 0 atom stereocenters. The first-order valence-electron chi connectivity index (χ1n) is 6.18. The number of anilines is 1. The highest BCUT2D eigenvalue weighted by Gasteiger charge is 2.10. The summed E-state index contributed by atoms with van der Waals surface area (Å²) in [6, 6.07) is 7.06. The van der Waals surface area contributed by atoms with Crippen LogP contribution in [0.1, 0.15) is 5.56 Å².